The fourth-order valence-corrected chi connectivity index (χ4v) is 2.94. The quantitative estimate of drug-likeness (QED) is 0.221. The molecule has 0 aliphatic carbocycles. The number of anilines is 1. The maximum Gasteiger partial charge on any atom is 0.228 e. The van der Waals surface area contributed by atoms with E-state index in [-0.39, 0.29) is 11.0 Å². The highest BCUT2D eigenvalue weighted by molar-refractivity contribution is 7.80. The number of hydrogen-bond donors (Lipinski definition) is 3. The van der Waals surface area contributed by atoms with Crippen molar-refractivity contribution >= 4 is 63.7 Å². The van der Waals surface area contributed by atoms with E-state index in [0.29, 0.717) is 6.42 Å². The molecule has 0 aromatic heterocycles. The molecular weight excluding hydrogens is 413 g/mol. The third-order valence-corrected chi connectivity index (χ3v) is 4.67. The monoisotopic (exact) mass is 437 g/mol. The molecule has 1 aromatic rings. The van der Waals surface area contributed by atoms with Crippen LogP contribution >= 0.6 is 47.0 Å². The molecule has 1 aromatic carbocycles. The van der Waals surface area contributed by atoms with Crippen molar-refractivity contribution in [3.05, 3.63) is 29.3 Å². The summed E-state index contributed by atoms with van der Waals surface area (Å²) in [6, 6.07) is 5.94. The van der Waals surface area contributed by atoms with Gasteiger partial charge in [0.05, 0.1) is 0 Å². The highest BCUT2D eigenvalue weighted by atomic mass is 35.6. The van der Waals surface area contributed by atoms with E-state index >= 15 is 0 Å². The van der Waals surface area contributed by atoms with Gasteiger partial charge in [-0.3, -0.25) is 4.79 Å². The van der Waals surface area contributed by atoms with E-state index in [9.17, 15) is 4.79 Å². The largest absolute Gasteiger partial charge is 0.339 e. The average molecular weight is 439 g/mol. The van der Waals surface area contributed by atoms with Crippen LogP contribution in [0.5, 0.6) is 0 Å². The Morgan fingerprint density at radius 3 is 2.42 bits per heavy atom. The van der Waals surface area contributed by atoms with Crippen LogP contribution in [0.2, 0.25) is 0 Å². The van der Waals surface area contributed by atoms with E-state index in [2.05, 4.69) is 22.9 Å². The van der Waals surface area contributed by atoms with Gasteiger partial charge in [0.15, 0.2) is 5.11 Å². The lowest BCUT2D eigenvalue weighted by Gasteiger charge is -2.28. The van der Waals surface area contributed by atoms with Crippen molar-refractivity contribution in [2.45, 2.75) is 62.8 Å². The summed E-state index contributed by atoms with van der Waals surface area (Å²) in [5.41, 5.74) is 3.04. The first kappa shape index (κ1) is 23.3. The minimum atomic E-state index is -1.74. The van der Waals surface area contributed by atoms with Crippen LogP contribution in [0.25, 0.3) is 0 Å². The second kappa shape index (κ2) is 11.2. The molecule has 0 spiro atoms. The maximum atomic E-state index is 12.1. The summed E-state index contributed by atoms with van der Waals surface area (Å²) >= 11 is 23.3. The molecule has 3 N–H and O–H groups in total. The van der Waals surface area contributed by atoms with E-state index in [4.69, 9.17) is 47.0 Å². The highest BCUT2D eigenvalue weighted by Crippen LogP contribution is 2.29. The first-order chi connectivity index (χ1) is 12.1. The summed E-state index contributed by atoms with van der Waals surface area (Å²) < 4.78 is -1.74. The number of hydrogen-bond acceptors (Lipinski definition) is 2. The third kappa shape index (κ3) is 8.76. The van der Waals surface area contributed by atoms with Crippen LogP contribution in [0.3, 0.4) is 0 Å². The molecule has 146 valence electrons. The summed E-state index contributed by atoms with van der Waals surface area (Å²) in [5.74, 6) is -0.181. The molecule has 8 heteroatoms. The smallest absolute Gasteiger partial charge is 0.228 e. The Bertz CT molecular complexity index is 620. The van der Waals surface area contributed by atoms with Gasteiger partial charge >= 0.3 is 0 Å². The molecule has 26 heavy (non-hydrogen) atoms. The number of alkyl halides is 3. The predicted octanol–water partition coefficient (Wildman–Crippen LogP) is 5.37. The molecule has 0 aliphatic rings. The summed E-state index contributed by atoms with van der Waals surface area (Å²) in [4.78, 5) is 12.1. The zero-order valence-corrected chi connectivity index (χ0v) is 18.4. The van der Waals surface area contributed by atoms with Crippen molar-refractivity contribution in [2.75, 3.05) is 5.32 Å². The van der Waals surface area contributed by atoms with E-state index in [0.717, 1.165) is 42.5 Å². The fraction of sp³-hybridized carbons (Fsp3) is 0.556. The number of benzene rings is 1. The molecule has 0 saturated carbocycles. The van der Waals surface area contributed by atoms with E-state index in [1.54, 1.807) is 0 Å². The number of thiocarbonyl (C=S) groups is 1. The van der Waals surface area contributed by atoms with Gasteiger partial charge in [0.1, 0.15) is 6.17 Å². The van der Waals surface area contributed by atoms with Gasteiger partial charge in [0.2, 0.25) is 9.70 Å². The Labute approximate surface area is 176 Å². The molecule has 1 amide bonds. The maximum absolute atomic E-state index is 12.1. The average Bonchev–Trinajstić information content (AvgIpc) is 2.53. The lowest BCUT2D eigenvalue weighted by atomic mass is 10.1. The zero-order valence-electron chi connectivity index (χ0n) is 15.3. The normalized spacial score (nSPS) is 12.4. The van der Waals surface area contributed by atoms with Crippen LogP contribution < -0.4 is 16.0 Å². The van der Waals surface area contributed by atoms with Crippen LogP contribution in [0.4, 0.5) is 5.69 Å². The van der Waals surface area contributed by atoms with Crippen molar-refractivity contribution in [3.8, 4) is 0 Å². The molecule has 0 aliphatic heterocycles. The Morgan fingerprint density at radius 1 is 1.15 bits per heavy atom. The molecule has 1 atom stereocenters. The molecule has 1 unspecified atom stereocenters. The minimum absolute atomic E-state index is 0.181. The summed E-state index contributed by atoms with van der Waals surface area (Å²) in [7, 11) is 0. The SMILES string of the molecule is CCCCCCC(=O)NC(NC(=S)Nc1ccc(C)cc1C)C(Cl)(Cl)Cl. The van der Waals surface area contributed by atoms with Gasteiger partial charge in [-0.05, 0) is 44.1 Å². The second-order valence-electron chi connectivity index (χ2n) is 6.27. The predicted molar refractivity (Wildman–Crippen MR) is 116 cm³/mol. The van der Waals surface area contributed by atoms with Gasteiger partial charge in [-0.1, -0.05) is 78.7 Å². The number of rotatable bonds is 8. The van der Waals surface area contributed by atoms with Crippen LogP contribution in [-0.4, -0.2) is 21.0 Å². The molecule has 0 saturated heterocycles. The number of amides is 1. The number of unbranched alkanes of at least 4 members (excludes halogenated alkanes) is 3. The number of carbonyl (C=O) groups is 1. The Hall–Kier alpha value is -0.750. The van der Waals surface area contributed by atoms with E-state index in [1.807, 2.05) is 32.0 Å². The number of carbonyl (C=O) groups excluding carboxylic acids is 1. The minimum Gasteiger partial charge on any atom is -0.339 e. The topological polar surface area (TPSA) is 53.2 Å². The molecule has 1 rings (SSSR count). The first-order valence-electron chi connectivity index (χ1n) is 8.64. The summed E-state index contributed by atoms with van der Waals surface area (Å²) in [5, 5.41) is 8.90. The van der Waals surface area contributed by atoms with Gasteiger partial charge < -0.3 is 16.0 Å². The number of nitrogens with one attached hydrogen (secondary N) is 3. The van der Waals surface area contributed by atoms with E-state index < -0.39 is 9.96 Å². The summed E-state index contributed by atoms with van der Waals surface area (Å²) in [6.45, 7) is 6.11. The Balaban J connectivity index is 2.63. The lowest BCUT2D eigenvalue weighted by Crippen LogP contribution is -2.56. The third-order valence-electron chi connectivity index (χ3n) is 3.80. The Morgan fingerprint density at radius 2 is 1.85 bits per heavy atom. The number of halogens is 3. The van der Waals surface area contributed by atoms with Crippen molar-refractivity contribution in [1.29, 1.82) is 0 Å². The lowest BCUT2D eigenvalue weighted by molar-refractivity contribution is -0.122. The van der Waals surface area contributed by atoms with Gasteiger partial charge in [-0.25, -0.2) is 0 Å². The zero-order chi connectivity index (χ0) is 19.7. The molecule has 0 heterocycles. The molecule has 4 nitrogen and oxygen atoms in total. The van der Waals surface area contributed by atoms with Gasteiger partial charge in [0.25, 0.3) is 0 Å². The van der Waals surface area contributed by atoms with Crippen LogP contribution in [0.15, 0.2) is 18.2 Å². The van der Waals surface area contributed by atoms with Crippen molar-refractivity contribution in [1.82, 2.24) is 10.6 Å². The Kier molecular flexibility index (Phi) is 10.0. The van der Waals surface area contributed by atoms with Crippen LogP contribution in [0, 0.1) is 13.8 Å². The van der Waals surface area contributed by atoms with Gasteiger partial charge in [0, 0.05) is 12.1 Å². The first-order valence-corrected chi connectivity index (χ1v) is 10.2. The number of aryl methyl sites for hydroxylation is 2. The van der Waals surface area contributed by atoms with Crippen LogP contribution in [0.1, 0.15) is 50.2 Å². The highest BCUT2D eigenvalue weighted by Gasteiger charge is 2.34. The van der Waals surface area contributed by atoms with Crippen LogP contribution in [-0.2, 0) is 4.79 Å². The summed E-state index contributed by atoms with van der Waals surface area (Å²) in [6.07, 6.45) is 3.47. The molecular formula is C18H26Cl3N3OS. The van der Waals surface area contributed by atoms with Gasteiger partial charge in [-0.2, -0.15) is 0 Å². The fourth-order valence-electron chi connectivity index (χ4n) is 2.39. The molecule has 0 bridgehead atoms. The van der Waals surface area contributed by atoms with Crippen molar-refractivity contribution < 1.29 is 4.79 Å². The van der Waals surface area contributed by atoms with Gasteiger partial charge in [-0.15, -0.1) is 0 Å². The van der Waals surface area contributed by atoms with Crippen molar-refractivity contribution in [2.24, 2.45) is 0 Å². The van der Waals surface area contributed by atoms with Crippen molar-refractivity contribution in [3.63, 3.8) is 0 Å². The standard InChI is InChI=1S/C18H26Cl3N3OS/c1-4-5-6-7-8-15(25)23-16(18(19,20)21)24-17(26)22-14-10-9-12(2)11-13(14)3/h9-11,16H,4-8H2,1-3H3,(H,23,25)(H2,22,24,26). The second-order valence-corrected chi connectivity index (χ2v) is 9.05. The molecule has 0 radical (unpaired) electrons. The van der Waals surface area contributed by atoms with E-state index in [1.165, 1.54) is 0 Å². The molecule has 0 fully saturated rings.